The maximum Gasteiger partial charge on any atom is 0.276 e. The van der Waals surface area contributed by atoms with Crippen molar-refractivity contribution < 1.29 is 0 Å². The Hall–Kier alpha value is -3.14. The lowest BCUT2D eigenvalue weighted by molar-refractivity contribution is 0.789. The highest BCUT2D eigenvalue weighted by molar-refractivity contribution is 6.09. The molecule has 2 aromatic heterocycles. The molecule has 0 fully saturated rings. The molecule has 0 unspecified atom stereocenters. The van der Waals surface area contributed by atoms with Gasteiger partial charge in [-0.15, -0.1) is 0 Å². The number of rotatable bonds is 6. The second kappa shape index (κ2) is 6.77. The van der Waals surface area contributed by atoms with Gasteiger partial charge in [-0.05, 0) is 18.8 Å². The summed E-state index contributed by atoms with van der Waals surface area (Å²) in [4.78, 5) is 21.8. The molecule has 0 aromatic carbocycles. The molecule has 0 spiro atoms. The fraction of sp³-hybridized carbons (Fsp3) is 0.333. The number of allylic oxidation sites excluding steroid dienone is 2. The van der Waals surface area contributed by atoms with E-state index in [0.29, 0.717) is 34.6 Å². The summed E-state index contributed by atoms with van der Waals surface area (Å²) in [6, 6.07) is 2.04. The minimum atomic E-state index is -0.229. The number of nitriles is 1. The minimum absolute atomic E-state index is 0.0549. The summed E-state index contributed by atoms with van der Waals surface area (Å²) in [5.74, 6) is -0.0549. The normalized spacial score (nSPS) is 14.3. The first kappa shape index (κ1) is 16.7. The molecule has 1 aliphatic carbocycles. The molecule has 3 N–H and O–H groups in total. The smallest absolute Gasteiger partial charge is 0.276 e. The van der Waals surface area contributed by atoms with E-state index in [-0.39, 0.29) is 11.5 Å². The van der Waals surface area contributed by atoms with Crippen LogP contribution in [0.4, 0.5) is 0 Å². The largest absolute Gasteiger partial charge is 0.404 e. The van der Waals surface area contributed by atoms with Crippen molar-refractivity contribution in [1.29, 1.82) is 5.26 Å². The molecule has 1 aliphatic rings. The average Bonchev–Trinajstić information content (AvgIpc) is 3.32. The molecular formula is C18H20N6O. The van der Waals surface area contributed by atoms with E-state index in [1.807, 2.05) is 19.9 Å². The van der Waals surface area contributed by atoms with Gasteiger partial charge in [0.15, 0.2) is 5.65 Å². The summed E-state index contributed by atoms with van der Waals surface area (Å²) in [5, 5.41) is 12.0. The third-order valence-corrected chi connectivity index (χ3v) is 4.13. The topological polar surface area (TPSA) is 112 Å². The first-order chi connectivity index (χ1) is 12.1. The van der Waals surface area contributed by atoms with Crippen molar-refractivity contribution in [3.63, 3.8) is 0 Å². The van der Waals surface area contributed by atoms with E-state index in [2.05, 4.69) is 21.2 Å². The molecule has 0 atom stereocenters. The van der Waals surface area contributed by atoms with Crippen LogP contribution in [0.2, 0.25) is 0 Å². The van der Waals surface area contributed by atoms with Crippen LogP contribution in [0.25, 0.3) is 11.2 Å². The van der Waals surface area contributed by atoms with E-state index in [1.54, 1.807) is 6.21 Å². The molecule has 0 aliphatic heterocycles. The molecule has 0 amide bonds. The van der Waals surface area contributed by atoms with E-state index in [9.17, 15) is 10.1 Å². The first-order valence-corrected chi connectivity index (χ1v) is 8.21. The van der Waals surface area contributed by atoms with Gasteiger partial charge in [0.2, 0.25) is 0 Å². The Morgan fingerprint density at radius 1 is 1.60 bits per heavy atom. The van der Waals surface area contributed by atoms with Crippen LogP contribution >= 0.6 is 0 Å². The van der Waals surface area contributed by atoms with Crippen LogP contribution in [0.5, 0.6) is 0 Å². The van der Waals surface area contributed by atoms with E-state index in [0.717, 1.165) is 12.8 Å². The number of nitrogens with zero attached hydrogens (tertiary/aromatic N) is 4. The van der Waals surface area contributed by atoms with Crippen molar-refractivity contribution in [2.75, 3.05) is 6.54 Å². The molecule has 0 radical (unpaired) electrons. The van der Waals surface area contributed by atoms with Crippen molar-refractivity contribution in [3.05, 3.63) is 51.2 Å². The van der Waals surface area contributed by atoms with Gasteiger partial charge >= 0.3 is 0 Å². The number of hydrogen-bond donors (Lipinski definition) is 2. The molecule has 3 rings (SSSR count). The minimum Gasteiger partial charge on any atom is -0.404 e. The van der Waals surface area contributed by atoms with Gasteiger partial charge in [0.25, 0.3) is 5.56 Å². The Labute approximate surface area is 145 Å². The van der Waals surface area contributed by atoms with E-state index < -0.39 is 0 Å². The van der Waals surface area contributed by atoms with Crippen molar-refractivity contribution in [1.82, 2.24) is 14.6 Å². The Morgan fingerprint density at radius 2 is 2.36 bits per heavy atom. The number of nitrogens with two attached hydrogens (primary N) is 1. The maximum absolute atomic E-state index is 12.8. The SMILES string of the molecule is CC(C)c1c(C(C=NCCC2=CC2)=CN)nc2c(C#N)c[nH]n2c1=O. The summed E-state index contributed by atoms with van der Waals surface area (Å²) >= 11 is 0. The predicted octanol–water partition coefficient (Wildman–Crippen LogP) is 2.11. The van der Waals surface area contributed by atoms with Crippen molar-refractivity contribution >= 4 is 17.4 Å². The number of aromatic amines is 1. The van der Waals surface area contributed by atoms with Crippen molar-refractivity contribution in [2.24, 2.45) is 10.7 Å². The summed E-state index contributed by atoms with van der Waals surface area (Å²) in [6.45, 7) is 4.52. The lowest BCUT2D eigenvalue weighted by Gasteiger charge is -2.12. The summed E-state index contributed by atoms with van der Waals surface area (Å²) in [7, 11) is 0. The first-order valence-electron chi connectivity index (χ1n) is 8.21. The lowest BCUT2D eigenvalue weighted by atomic mass is 9.99. The van der Waals surface area contributed by atoms with Gasteiger partial charge in [0.05, 0.1) is 5.69 Å². The van der Waals surface area contributed by atoms with Crippen LogP contribution in [0.15, 0.2) is 33.8 Å². The highest BCUT2D eigenvalue weighted by atomic mass is 16.1. The van der Waals surface area contributed by atoms with Gasteiger partial charge in [0, 0.05) is 36.3 Å². The Kier molecular flexibility index (Phi) is 4.52. The molecule has 0 saturated carbocycles. The zero-order valence-corrected chi connectivity index (χ0v) is 14.3. The van der Waals surface area contributed by atoms with E-state index in [4.69, 9.17) is 5.73 Å². The third-order valence-electron chi connectivity index (χ3n) is 4.13. The zero-order valence-electron chi connectivity index (χ0n) is 14.3. The van der Waals surface area contributed by atoms with Crippen molar-refractivity contribution in [2.45, 2.75) is 32.6 Å². The van der Waals surface area contributed by atoms with Crippen LogP contribution in [-0.4, -0.2) is 27.4 Å². The number of aliphatic imine (C=N–C) groups is 1. The van der Waals surface area contributed by atoms with Gasteiger partial charge in [-0.1, -0.05) is 25.5 Å². The van der Waals surface area contributed by atoms with Crippen LogP contribution in [0, 0.1) is 11.3 Å². The van der Waals surface area contributed by atoms with Crippen molar-refractivity contribution in [3.8, 4) is 6.07 Å². The second-order valence-electron chi connectivity index (χ2n) is 6.27. The van der Waals surface area contributed by atoms with Crippen LogP contribution < -0.4 is 11.3 Å². The van der Waals surface area contributed by atoms with E-state index >= 15 is 0 Å². The molecule has 0 bridgehead atoms. The molecule has 25 heavy (non-hydrogen) atoms. The van der Waals surface area contributed by atoms with Gasteiger partial charge in [-0.25, -0.2) is 9.50 Å². The number of hydrogen-bond acceptors (Lipinski definition) is 5. The highest BCUT2D eigenvalue weighted by Gasteiger charge is 2.20. The van der Waals surface area contributed by atoms with Gasteiger partial charge in [-0.2, -0.15) is 5.26 Å². The maximum atomic E-state index is 12.8. The third kappa shape index (κ3) is 3.24. The monoisotopic (exact) mass is 336 g/mol. The quantitative estimate of drug-likeness (QED) is 0.621. The van der Waals surface area contributed by atoms with Crippen LogP contribution in [0.3, 0.4) is 0 Å². The molecule has 7 nitrogen and oxygen atoms in total. The molecule has 2 heterocycles. The number of aromatic nitrogens is 3. The van der Waals surface area contributed by atoms with E-state index in [1.165, 1.54) is 22.5 Å². The number of H-pyrrole nitrogens is 1. The Balaban J connectivity index is 2.08. The van der Waals surface area contributed by atoms with Crippen LogP contribution in [-0.2, 0) is 0 Å². The molecule has 7 heteroatoms. The predicted molar refractivity (Wildman–Crippen MR) is 97.5 cm³/mol. The molecule has 0 saturated heterocycles. The van der Waals surface area contributed by atoms with Gasteiger partial charge in [-0.3, -0.25) is 14.9 Å². The fourth-order valence-electron chi connectivity index (χ4n) is 2.68. The summed E-state index contributed by atoms with van der Waals surface area (Å²) in [5.41, 5.74) is 9.17. The molecule has 128 valence electrons. The standard InChI is InChI=1S/C18H20N6O/c1-11(2)15-16(13(7-19)9-21-6-5-12-3-4-12)23-17-14(8-20)10-22-24(17)18(15)25/h3,7,9-11,22H,4-6,19H2,1-2H3. The Morgan fingerprint density at radius 3 is 2.96 bits per heavy atom. The van der Waals surface area contributed by atoms with Crippen LogP contribution in [0.1, 0.15) is 49.4 Å². The van der Waals surface area contributed by atoms with Gasteiger partial charge < -0.3 is 5.73 Å². The fourth-order valence-corrected chi connectivity index (χ4v) is 2.68. The molecular weight excluding hydrogens is 316 g/mol. The second-order valence-corrected chi connectivity index (χ2v) is 6.27. The average molecular weight is 336 g/mol. The Bertz CT molecular complexity index is 997. The summed E-state index contributed by atoms with van der Waals surface area (Å²) in [6.07, 6.45) is 8.75. The zero-order chi connectivity index (χ0) is 18.0. The molecule has 2 aromatic rings. The van der Waals surface area contributed by atoms with Gasteiger partial charge in [0.1, 0.15) is 11.6 Å². The number of fused-ring (bicyclic) bond motifs is 1. The number of nitrogens with one attached hydrogen (secondary N) is 1. The highest BCUT2D eigenvalue weighted by Crippen LogP contribution is 2.23. The summed E-state index contributed by atoms with van der Waals surface area (Å²) < 4.78 is 1.29. The lowest BCUT2D eigenvalue weighted by Crippen LogP contribution is -2.24.